The van der Waals surface area contributed by atoms with Crippen LogP contribution in [-0.2, 0) is 4.79 Å². The Balaban J connectivity index is 2.09. The van der Waals surface area contributed by atoms with Crippen molar-refractivity contribution in [1.82, 2.24) is 4.90 Å². The Hall–Kier alpha value is -0.370. The van der Waals surface area contributed by atoms with Gasteiger partial charge in [0.2, 0.25) is 0 Å². The Kier molecular flexibility index (Phi) is 1.95. The number of aldehydes is 1. The molecule has 11 heavy (non-hydrogen) atoms. The van der Waals surface area contributed by atoms with E-state index >= 15 is 0 Å². The molecule has 2 heteroatoms. The molecule has 2 bridgehead atoms. The third kappa shape index (κ3) is 1.32. The second-order valence-corrected chi connectivity index (χ2v) is 3.77. The third-order valence-electron chi connectivity index (χ3n) is 3.08. The van der Waals surface area contributed by atoms with Crippen LogP contribution in [0.3, 0.4) is 0 Å². The number of carbonyl (C=O) groups is 1. The zero-order valence-corrected chi connectivity index (χ0v) is 6.83. The monoisotopic (exact) mass is 153 g/mol. The Morgan fingerprint density at radius 2 is 2.18 bits per heavy atom. The van der Waals surface area contributed by atoms with E-state index in [1.54, 1.807) is 0 Å². The lowest BCUT2D eigenvalue weighted by atomic mass is 9.91. The molecule has 0 N–H and O–H groups in total. The number of hydrogen-bond acceptors (Lipinski definition) is 2. The van der Waals surface area contributed by atoms with Crippen LogP contribution in [0.15, 0.2) is 0 Å². The minimum atomic E-state index is 0.260. The molecule has 3 aliphatic heterocycles. The summed E-state index contributed by atoms with van der Waals surface area (Å²) in [6, 6.07) is 0.260. The van der Waals surface area contributed by atoms with Gasteiger partial charge >= 0.3 is 0 Å². The van der Waals surface area contributed by atoms with Crippen LogP contribution in [0.2, 0.25) is 0 Å². The van der Waals surface area contributed by atoms with Crippen LogP contribution in [0.4, 0.5) is 0 Å². The summed E-state index contributed by atoms with van der Waals surface area (Å²) in [5.41, 5.74) is 0. The third-order valence-corrected chi connectivity index (χ3v) is 3.08. The van der Waals surface area contributed by atoms with E-state index in [1.807, 2.05) is 0 Å². The molecule has 0 radical (unpaired) electrons. The van der Waals surface area contributed by atoms with E-state index in [2.05, 4.69) is 4.90 Å². The predicted molar refractivity (Wildman–Crippen MR) is 43.4 cm³/mol. The van der Waals surface area contributed by atoms with Crippen molar-refractivity contribution < 1.29 is 4.79 Å². The van der Waals surface area contributed by atoms with E-state index in [9.17, 15) is 4.79 Å². The van der Waals surface area contributed by atoms with Gasteiger partial charge in [-0.25, -0.2) is 0 Å². The van der Waals surface area contributed by atoms with Crippen molar-refractivity contribution in [3.63, 3.8) is 0 Å². The molecule has 3 aliphatic rings. The van der Waals surface area contributed by atoms with E-state index in [1.165, 1.54) is 19.3 Å². The van der Waals surface area contributed by atoms with Gasteiger partial charge in [0.15, 0.2) is 0 Å². The van der Waals surface area contributed by atoms with Crippen molar-refractivity contribution in [3.8, 4) is 0 Å². The molecule has 3 rings (SSSR count). The Morgan fingerprint density at radius 3 is 3.00 bits per heavy atom. The van der Waals surface area contributed by atoms with Crippen LogP contribution >= 0.6 is 0 Å². The molecule has 0 aromatic heterocycles. The van der Waals surface area contributed by atoms with E-state index in [0.717, 1.165) is 31.7 Å². The Morgan fingerprint density at radius 1 is 1.27 bits per heavy atom. The van der Waals surface area contributed by atoms with Gasteiger partial charge in [-0.3, -0.25) is 4.90 Å². The summed E-state index contributed by atoms with van der Waals surface area (Å²) in [5, 5.41) is 0. The highest BCUT2D eigenvalue weighted by Crippen LogP contribution is 2.29. The van der Waals surface area contributed by atoms with Crippen LogP contribution in [-0.4, -0.2) is 30.3 Å². The Bertz CT molecular complexity index is 154. The van der Waals surface area contributed by atoms with E-state index in [0.29, 0.717) is 0 Å². The highest BCUT2D eigenvalue weighted by Gasteiger charge is 2.30. The average Bonchev–Trinajstić information content (AvgIpc) is 2.37. The number of nitrogens with zero attached hydrogens (tertiary/aromatic N) is 1. The van der Waals surface area contributed by atoms with Crippen molar-refractivity contribution >= 4 is 6.29 Å². The first kappa shape index (κ1) is 7.29. The zero-order valence-electron chi connectivity index (χ0n) is 6.83. The summed E-state index contributed by atoms with van der Waals surface area (Å²) >= 11 is 0. The van der Waals surface area contributed by atoms with Gasteiger partial charge in [-0.15, -0.1) is 0 Å². The molecular formula is C9H15NO. The van der Waals surface area contributed by atoms with Crippen LogP contribution in [0, 0.1) is 5.92 Å². The first-order valence-corrected chi connectivity index (χ1v) is 4.59. The molecule has 3 heterocycles. The Labute approximate surface area is 67.6 Å². The molecule has 0 aromatic carbocycles. The lowest BCUT2D eigenvalue weighted by Gasteiger charge is -2.32. The molecule has 3 fully saturated rings. The van der Waals surface area contributed by atoms with E-state index < -0.39 is 0 Å². The average molecular weight is 153 g/mol. The molecule has 0 saturated carbocycles. The van der Waals surface area contributed by atoms with E-state index in [-0.39, 0.29) is 6.04 Å². The molecule has 0 spiro atoms. The van der Waals surface area contributed by atoms with Crippen LogP contribution in [0.25, 0.3) is 0 Å². The number of hydrogen-bond donors (Lipinski definition) is 0. The summed E-state index contributed by atoms with van der Waals surface area (Å²) in [6.45, 7) is 2.31. The maximum absolute atomic E-state index is 10.7. The van der Waals surface area contributed by atoms with Crippen molar-refractivity contribution in [1.29, 1.82) is 0 Å². The van der Waals surface area contributed by atoms with Crippen LogP contribution < -0.4 is 0 Å². The molecule has 3 atom stereocenters. The fourth-order valence-corrected chi connectivity index (χ4v) is 2.39. The fraction of sp³-hybridized carbons (Fsp3) is 0.889. The van der Waals surface area contributed by atoms with Gasteiger partial charge in [0.1, 0.15) is 6.29 Å². The number of fused-ring (bicyclic) bond motifs is 4. The second kappa shape index (κ2) is 2.94. The van der Waals surface area contributed by atoms with E-state index in [4.69, 9.17) is 0 Å². The van der Waals surface area contributed by atoms with Gasteiger partial charge in [-0.05, 0) is 44.7 Å². The molecular weight excluding hydrogens is 138 g/mol. The highest BCUT2D eigenvalue weighted by molar-refractivity contribution is 5.57. The van der Waals surface area contributed by atoms with Gasteiger partial charge in [0.25, 0.3) is 0 Å². The maximum Gasteiger partial charge on any atom is 0.137 e. The smallest absolute Gasteiger partial charge is 0.137 e. The van der Waals surface area contributed by atoms with Gasteiger partial charge in [0, 0.05) is 0 Å². The number of piperidine rings is 1. The molecule has 0 aromatic rings. The zero-order chi connectivity index (χ0) is 7.68. The molecule has 0 amide bonds. The second-order valence-electron chi connectivity index (χ2n) is 3.77. The normalized spacial score (nSPS) is 43.5. The van der Waals surface area contributed by atoms with Crippen LogP contribution in [0.5, 0.6) is 0 Å². The van der Waals surface area contributed by atoms with Gasteiger partial charge in [0.05, 0.1) is 6.04 Å². The minimum Gasteiger partial charge on any atom is -0.302 e. The molecule has 62 valence electrons. The van der Waals surface area contributed by atoms with Crippen molar-refractivity contribution in [2.75, 3.05) is 13.1 Å². The fourth-order valence-electron chi connectivity index (χ4n) is 2.39. The molecule has 3 saturated heterocycles. The first-order chi connectivity index (χ1) is 5.40. The van der Waals surface area contributed by atoms with Gasteiger partial charge in [-0.1, -0.05) is 0 Å². The summed E-state index contributed by atoms with van der Waals surface area (Å²) in [6.07, 6.45) is 6.24. The SMILES string of the molecule is O=CC1CC2CCCN1CC2. The summed E-state index contributed by atoms with van der Waals surface area (Å²) < 4.78 is 0. The van der Waals surface area contributed by atoms with Crippen molar-refractivity contribution in [2.45, 2.75) is 31.7 Å². The quantitative estimate of drug-likeness (QED) is 0.525. The lowest BCUT2D eigenvalue weighted by Crippen LogP contribution is -2.41. The summed E-state index contributed by atoms with van der Waals surface area (Å²) in [4.78, 5) is 13.0. The topological polar surface area (TPSA) is 20.3 Å². The highest BCUT2D eigenvalue weighted by atomic mass is 16.1. The molecule has 2 nitrogen and oxygen atoms in total. The van der Waals surface area contributed by atoms with Gasteiger partial charge < -0.3 is 4.79 Å². The first-order valence-electron chi connectivity index (χ1n) is 4.59. The molecule has 0 aliphatic carbocycles. The van der Waals surface area contributed by atoms with Crippen molar-refractivity contribution in [2.24, 2.45) is 5.92 Å². The summed E-state index contributed by atoms with van der Waals surface area (Å²) in [7, 11) is 0. The number of carbonyl (C=O) groups excluding carboxylic acids is 1. The van der Waals surface area contributed by atoms with Crippen molar-refractivity contribution in [3.05, 3.63) is 0 Å². The predicted octanol–water partition coefficient (Wildman–Crippen LogP) is 1.06. The summed E-state index contributed by atoms with van der Waals surface area (Å²) in [5.74, 6) is 0.851. The van der Waals surface area contributed by atoms with Crippen LogP contribution in [0.1, 0.15) is 25.7 Å². The van der Waals surface area contributed by atoms with Gasteiger partial charge in [-0.2, -0.15) is 0 Å². The lowest BCUT2D eigenvalue weighted by molar-refractivity contribution is -0.113. The standard InChI is InChI=1S/C9H15NO/c11-7-9-6-8-2-1-4-10(9)5-3-8/h7-9H,1-6H2. The maximum atomic E-state index is 10.7. The largest absolute Gasteiger partial charge is 0.302 e. The molecule has 3 unspecified atom stereocenters. The minimum absolute atomic E-state index is 0.260. The number of rotatable bonds is 1.